The Balaban J connectivity index is 1.68. The first-order valence-electron chi connectivity index (χ1n) is 10.6. The topological polar surface area (TPSA) is 50.2 Å². The van der Waals surface area contributed by atoms with E-state index in [4.69, 9.17) is 11.6 Å². The van der Waals surface area contributed by atoms with Crippen LogP contribution in [0.1, 0.15) is 41.9 Å². The molecule has 0 bridgehead atoms. The molecule has 1 amide bonds. The summed E-state index contributed by atoms with van der Waals surface area (Å²) in [6, 6.07) is 16.3. The first-order valence-corrected chi connectivity index (χ1v) is 11.0. The van der Waals surface area contributed by atoms with Gasteiger partial charge in [-0.3, -0.25) is 9.69 Å². The minimum absolute atomic E-state index is 0.00567. The van der Waals surface area contributed by atoms with E-state index in [1.807, 2.05) is 54.9 Å². The second-order valence-electron chi connectivity index (χ2n) is 8.27. The van der Waals surface area contributed by atoms with E-state index in [0.717, 1.165) is 34.7 Å². The zero-order valence-electron chi connectivity index (χ0n) is 18.9. The van der Waals surface area contributed by atoms with Crippen LogP contribution in [0.5, 0.6) is 0 Å². The van der Waals surface area contributed by atoms with Gasteiger partial charge in [-0.1, -0.05) is 35.9 Å². The first-order chi connectivity index (χ1) is 14.8. The average molecular weight is 439 g/mol. The molecular formula is C25H31ClN4O. The molecule has 31 heavy (non-hydrogen) atoms. The molecule has 2 aromatic carbocycles. The molecule has 5 nitrogen and oxygen atoms in total. The summed E-state index contributed by atoms with van der Waals surface area (Å²) in [6.07, 6.45) is 0.305. The number of aromatic nitrogens is 2. The smallest absolute Gasteiger partial charge is 0.224 e. The summed E-state index contributed by atoms with van der Waals surface area (Å²) in [6.45, 7) is 9.67. The van der Waals surface area contributed by atoms with Crippen molar-refractivity contribution >= 4 is 17.5 Å². The molecule has 0 fully saturated rings. The number of amides is 1. The van der Waals surface area contributed by atoms with Gasteiger partial charge in [-0.25, -0.2) is 4.68 Å². The highest BCUT2D eigenvalue weighted by molar-refractivity contribution is 6.30. The average Bonchev–Trinajstić information content (AvgIpc) is 3.01. The third kappa shape index (κ3) is 5.75. The third-order valence-corrected chi connectivity index (χ3v) is 6.00. The van der Waals surface area contributed by atoms with Crippen molar-refractivity contribution in [3.63, 3.8) is 0 Å². The fraction of sp³-hybridized carbons (Fsp3) is 0.360. The quantitative estimate of drug-likeness (QED) is 0.547. The third-order valence-electron chi connectivity index (χ3n) is 5.75. The Kier molecular flexibility index (Phi) is 7.52. The Morgan fingerprint density at radius 1 is 1.10 bits per heavy atom. The molecule has 0 unspecified atom stereocenters. The van der Waals surface area contributed by atoms with Crippen LogP contribution < -0.4 is 5.32 Å². The Morgan fingerprint density at radius 2 is 1.74 bits per heavy atom. The maximum atomic E-state index is 12.7. The highest BCUT2D eigenvalue weighted by Crippen LogP contribution is 2.20. The van der Waals surface area contributed by atoms with Crippen molar-refractivity contribution in [1.82, 2.24) is 20.0 Å². The van der Waals surface area contributed by atoms with E-state index < -0.39 is 0 Å². The molecule has 0 saturated carbocycles. The van der Waals surface area contributed by atoms with Gasteiger partial charge in [0.1, 0.15) is 0 Å². The molecule has 1 heterocycles. The number of carbonyl (C=O) groups excluding carboxylic acids is 1. The Hall–Kier alpha value is -2.63. The number of hydrogen-bond donors (Lipinski definition) is 1. The molecule has 0 spiro atoms. The van der Waals surface area contributed by atoms with E-state index in [1.165, 1.54) is 5.56 Å². The summed E-state index contributed by atoms with van der Waals surface area (Å²) in [4.78, 5) is 15.0. The molecule has 0 radical (unpaired) electrons. The number of benzene rings is 2. The van der Waals surface area contributed by atoms with Crippen LogP contribution in [-0.2, 0) is 24.3 Å². The van der Waals surface area contributed by atoms with Gasteiger partial charge in [-0.05, 0) is 70.1 Å². The zero-order chi connectivity index (χ0) is 22.5. The number of hydrogen-bond acceptors (Lipinski definition) is 3. The SMILES string of the molecule is Cc1nn(-c2ccc(Cl)cc2)c(C)c1CC(=O)NCc1ccccc1CN(C)C(C)C. The van der Waals surface area contributed by atoms with Gasteiger partial charge in [0, 0.05) is 35.4 Å². The Morgan fingerprint density at radius 3 is 2.39 bits per heavy atom. The van der Waals surface area contributed by atoms with Gasteiger partial charge in [-0.2, -0.15) is 5.10 Å². The van der Waals surface area contributed by atoms with Gasteiger partial charge in [0.05, 0.1) is 17.8 Å². The van der Waals surface area contributed by atoms with Crippen molar-refractivity contribution in [2.45, 2.75) is 53.2 Å². The van der Waals surface area contributed by atoms with Crippen molar-refractivity contribution in [3.05, 3.63) is 81.6 Å². The van der Waals surface area contributed by atoms with Crippen LogP contribution in [0.25, 0.3) is 5.69 Å². The van der Waals surface area contributed by atoms with Gasteiger partial charge in [0.15, 0.2) is 0 Å². The maximum Gasteiger partial charge on any atom is 0.224 e. The lowest BCUT2D eigenvalue weighted by Gasteiger charge is -2.22. The van der Waals surface area contributed by atoms with Crippen molar-refractivity contribution in [2.75, 3.05) is 7.05 Å². The number of carbonyl (C=O) groups is 1. The normalized spacial score (nSPS) is 11.4. The van der Waals surface area contributed by atoms with Gasteiger partial charge in [-0.15, -0.1) is 0 Å². The summed E-state index contributed by atoms with van der Waals surface area (Å²) in [5, 5.41) is 8.41. The molecule has 0 aliphatic heterocycles. The minimum Gasteiger partial charge on any atom is -0.352 e. The molecule has 3 rings (SSSR count). The summed E-state index contributed by atoms with van der Waals surface area (Å²) >= 11 is 6.00. The minimum atomic E-state index is -0.00567. The van der Waals surface area contributed by atoms with E-state index in [0.29, 0.717) is 24.0 Å². The standard InChI is InChI=1S/C25H31ClN4O/c1-17(2)29(5)16-21-9-7-6-8-20(21)15-27-25(31)14-24-18(3)28-30(19(24)4)23-12-10-22(26)11-13-23/h6-13,17H,14-16H2,1-5H3,(H,27,31). The number of aryl methyl sites for hydroxylation is 1. The van der Waals surface area contributed by atoms with E-state index in [2.05, 4.69) is 48.3 Å². The monoisotopic (exact) mass is 438 g/mol. The molecule has 0 saturated heterocycles. The molecule has 0 atom stereocenters. The molecule has 164 valence electrons. The summed E-state index contributed by atoms with van der Waals surface area (Å²) < 4.78 is 1.87. The van der Waals surface area contributed by atoms with Gasteiger partial charge >= 0.3 is 0 Å². The van der Waals surface area contributed by atoms with E-state index in [9.17, 15) is 4.79 Å². The van der Waals surface area contributed by atoms with Gasteiger partial charge in [0.25, 0.3) is 0 Å². The van der Waals surface area contributed by atoms with Crippen LogP contribution in [0, 0.1) is 13.8 Å². The lowest BCUT2D eigenvalue weighted by Crippen LogP contribution is -2.28. The van der Waals surface area contributed by atoms with Crippen molar-refractivity contribution in [2.24, 2.45) is 0 Å². The Labute approximate surface area is 190 Å². The number of nitrogens with zero attached hydrogens (tertiary/aromatic N) is 3. The van der Waals surface area contributed by atoms with Crippen LogP contribution in [0.4, 0.5) is 0 Å². The lowest BCUT2D eigenvalue weighted by molar-refractivity contribution is -0.120. The lowest BCUT2D eigenvalue weighted by atomic mass is 10.1. The predicted octanol–water partition coefficient (Wildman–Crippen LogP) is 4.84. The van der Waals surface area contributed by atoms with Crippen LogP contribution in [-0.4, -0.2) is 33.7 Å². The number of halogens is 1. The molecule has 0 aliphatic carbocycles. The molecular weight excluding hydrogens is 408 g/mol. The number of rotatable bonds is 8. The summed E-state index contributed by atoms with van der Waals surface area (Å²) in [7, 11) is 2.12. The molecule has 1 N–H and O–H groups in total. The Bertz CT molecular complexity index is 1040. The van der Waals surface area contributed by atoms with Gasteiger partial charge in [0.2, 0.25) is 5.91 Å². The van der Waals surface area contributed by atoms with Crippen LogP contribution in [0.3, 0.4) is 0 Å². The zero-order valence-corrected chi connectivity index (χ0v) is 19.7. The highest BCUT2D eigenvalue weighted by Gasteiger charge is 2.16. The van der Waals surface area contributed by atoms with Crippen LogP contribution in [0.15, 0.2) is 48.5 Å². The predicted molar refractivity (Wildman–Crippen MR) is 127 cm³/mol. The largest absolute Gasteiger partial charge is 0.352 e. The molecule has 0 aliphatic rings. The van der Waals surface area contributed by atoms with E-state index >= 15 is 0 Å². The van der Waals surface area contributed by atoms with Crippen molar-refractivity contribution in [1.29, 1.82) is 0 Å². The maximum absolute atomic E-state index is 12.7. The van der Waals surface area contributed by atoms with Gasteiger partial charge < -0.3 is 5.32 Å². The van der Waals surface area contributed by atoms with E-state index in [-0.39, 0.29) is 5.91 Å². The molecule has 6 heteroatoms. The fourth-order valence-electron chi connectivity index (χ4n) is 3.52. The number of nitrogens with one attached hydrogen (secondary N) is 1. The summed E-state index contributed by atoms with van der Waals surface area (Å²) in [5.41, 5.74) is 6.10. The molecule has 1 aromatic heterocycles. The second-order valence-corrected chi connectivity index (χ2v) is 8.71. The fourth-order valence-corrected chi connectivity index (χ4v) is 3.64. The van der Waals surface area contributed by atoms with Crippen LogP contribution >= 0.6 is 11.6 Å². The van der Waals surface area contributed by atoms with Crippen molar-refractivity contribution < 1.29 is 4.79 Å². The van der Waals surface area contributed by atoms with E-state index in [1.54, 1.807) is 0 Å². The second kappa shape index (κ2) is 10.1. The van der Waals surface area contributed by atoms with Crippen LogP contribution in [0.2, 0.25) is 5.02 Å². The summed E-state index contributed by atoms with van der Waals surface area (Å²) in [5.74, 6) is -0.00567. The molecule has 3 aromatic rings. The first kappa shape index (κ1) is 23.0. The van der Waals surface area contributed by atoms with Crippen molar-refractivity contribution in [3.8, 4) is 5.69 Å². The highest BCUT2D eigenvalue weighted by atomic mass is 35.5.